The molecular weight excluding hydrogens is 402 g/mol. The van der Waals surface area contributed by atoms with Gasteiger partial charge in [-0.25, -0.2) is 4.79 Å². The van der Waals surface area contributed by atoms with Crippen molar-refractivity contribution in [2.45, 2.75) is 44.9 Å². The Hall–Kier alpha value is -2.99. The lowest BCUT2D eigenvalue weighted by Gasteiger charge is -2.25. The summed E-state index contributed by atoms with van der Waals surface area (Å²) < 4.78 is 5.42. The zero-order chi connectivity index (χ0) is 21.5. The molecule has 3 N–H and O–H groups in total. The van der Waals surface area contributed by atoms with E-state index in [1.165, 1.54) is 0 Å². The molecular formula is C23H24ClN3O3. The maximum absolute atomic E-state index is 12.9. The molecule has 4 rings (SSSR count). The van der Waals surface area contributed by atoms with Gasteiger partial charge in [0.1, 0.15) is 11.3 Å². The maximum atomic E-state index is 12.9. The first-order valence-electron chi connectivity index (χ1n) is 9.86. The van der Waals surface area contributed by atoms with Crippen molar-refractivity contribution in [1.29, 1.82) is 0 Å². The van der Waals surface area contributed by atoms with Gasteiger partial charge in [-0.2, -0.15) is 0 Å². The van der Waals surface area contributed by atoms with Crippen LogP contribution in [0.15, 0.2) is 48.5 Å². The van der Waals surface area contributed by atoms with E-state index in [0.29, 0.717) is 17.1 Å². The van der Waals surface area contributed by atoms with E-state index in [0.717, 1.165) is 22.0 Å². The fraction of sp³-hybridized carbons (Fsp3) is 0.304. The number of carbonyl (C=O) groups is 2. The minimum atomic E-state index is -0.605. The highest BCUT2D eigenvalue weighted by atomic mass is 35.5. The van der Waals surface area contributed by atoms with Crippen molar-refractivity contribution in [3.8, 4) is 0 Å². The summed E-state index contributed by atoms with van der Waals surface area (Å²) in [7, 11) is 0. The summed E-state index contributed by atoms with van der Waals surface area (Å²) in [4.78, 5) is 28.5. The van der Waals surface area contributed by atoms with E-state index >= 15 is 0 Å². The molecule has 3 aromatic rings. The van der Waals surface area contributed by atoms with E-state index in [1.807, 2.05) is 57.2 Å². The van der Waals surface area contributed by atoms with Crippen LogP contribution in [-0.4, -0.2) is 28.6 Å². The molecule has 1 aliphatic rings. The summed E-state index contributed by atoms with van der Waals surface area (Å²) in [5.41, 5.74) is 2.75. The summed E-state index contributed by atoms with van der Waals surface area (Å²) in [5, 5.41) is 7.47. The van der Waals surface area contributed by atoms with Crippen molar-refractivity contribution < 1.29 is 14.3 Å². The Balaban J connectivity index is 1.55. The van der Waals surface area contributed by atoms with Gasteiger partial charge in [0.15, 0.2) is 0 Å². The second kappa shape index (κ2) is 7.69. The Morgan fingerprint density at radius 2 is 1.87 bits per heavy atom. The van der Waals surface area contributed by atoms with Gasteiger partial charge in [0.2, 0.25) is 0 Å². The monoisotopic (exact) mass is 425 g/mol. The van der Waals surface area contributed by atoms with E-state index in [2.05, 4.69) is 15.6 Å². The van der Waals surface area contributed by atoms with Crippen molar-refractivity contribution in [2.75, 3.05) is 0 Å². The molecule has 30 heavy (non-hydrogen) atoms. The number of fused-ring (bicyclic) bond motifs is 2. The van der Waals surface area contributed by atoms with Gasteiger partial charge in [0.25, 0.3) is 5.91 Å². The highest BCUT2D eigenvalue weighted by molar-refractivity contribution is 6.31. The molecule has 2 atom stereocenters. The molecule has 156 valence electrons. The minimum absolute atomic E-state index is 0.240. The number of nitrogens with one attached hydrogen (secondary N) is 3. The van der Waals surface area contributed by atoms with Crippen LogP contribution in [0.25, 0.3) is 10.9 Å². The molecule has 0 radical (unpaired) electrons. The van der Waals surface area contributed by atoms with Gasteiger partial charge >= 0.3 is 6.09 Å². The normalized spacial score (nSPS) is 18.1. The number of H-pyrrole nitrogens is 1. The molecule has 0 aliphatic heterocycles. The molecule has 0 bridgehead atoms. The number of aromatic nitrogens is 1. The van der Waals surface area contributed by atoms with Gasteiger partial charge in [0, 0.05) is 15.9 Å². The third-order valence-corrected chi connectivity index (χ3v) is 5.28. The van der Waals surface area contributed by atoms with E-state index in [1.54, 1.807) is 12.1 Å². The summed E-state index contributed by atoms with van der Waals surface area (Å²) in [6.07, 6.45) is 0.109. The summed E-state index contributed by atoms with van der Waals surface area (Å²) in [5.74, 6) is -0.240. The maximum Gasteiger partial charge on any atom is 0.408 e. The Bertz CT molecular complexity index is 1120. The highest BCUT2D eigenvalue weighted by Gasteiger charge is 2.35. The first-order chi connectivity index (χ1) is 14.2. The first kappa shape index (κ1) is 20.3. The van der Waals surface area contributed by atoms with Gasteiger partial charge in [-0.3, -0.25) is 4.79 Å². The lowest BCUT2D eigenvalue weighted by Crippen LogP contribution is -2.45. The van der Waals surface area contributed by atoms with Crippen LogP contribution in [0.1, 0.15) is 48.4 Å². The molecule has 6 nitrogen and oxygen atoms in total. The molecule has 0 spiro atoms. The van der Waals surface area contributed by atoms with E-state index in [-0.39, 0.29) is 18.0 Å². The number of carbonyl (C=O) groups excluding carboxylic acids is 2. The Morgan fingerprint density at radius 1 is 1.10 bits per heavy atom. The molecule has 0 saturated heterocycles. The standard InChI is InChI=1S/C23H24ClN3O3/c1-23(2,3)30-22(29)27-20-16-7-5-4-6-13(16)11-18(20)26-21(28)19-12-14-10-15(24)8-9-17(14)25-19/h4-10,12,18,20,25H,11H2,1-3H3,(H,26,28)(H,27,29)/t18-,20-/m0/s1. The van der Waals surface area contributed by atoms with Crippen molar-refractivity contribution in [3.63, 3.8) is 0 Å². The number of hydrogen-bond donors (Lipinski definition) is 3. The van der Waals surface area contributed by atoms with E-state index in [4.69, 9.17) is 16.3 Å². The highest BCUT2D eigenvalue weighted by Crippen LogP contribution is 2.32. The Labute approximate surface area is 179 Å². The third-order valence-electron chi connectivity index (χ3n) is 5.05. The Morgan fingerprint density at radius 3 is 2.63 bits per heavy atom. The number of rotatable bonds is 3. The third kappa shape index (κ3) is 4.28. The van der Waals surface area contributed by atoms with Crippen LogP contribution in [-0.2, 0) is 11.2 Å². The van der Waals surface area contributed by atoms with Crippen molar-refractivity contribution in [3.05, 3.63) is 70.4 Å². The topological polar surface area (TPSA) is 83.2 Å². The lowest BCUT2D eigenvalue weighted by molar-refractivity contribution is 0.0491. The molecule has 0 saturated carbocycles. The average Bonchev–Trinajstić information content (AvgIpc) is 3.22. The van der Waals surface area contributed by atoms with Gasteiger partial charge in [-0.05, 0) is 62.6 Å². The fourth-order valence-corrected chi connectivity index (χ4v) is 3.99. The number of ether oxygens (including phenoxy) is 1. The minimum Gasteiger partial charge on any atom is -0.444 e. The number of benzene rings is 2. The number of hydrogen-bond acceptors (Lipinski definition) is 3. The summed E-state index contributed by atoms with van der Waals surface area (Å²) >= 11 is 6.04. The second-order valence-corrected chi connectivity index (χ2v) is 8.96. The van der Waals surface area contributed by atoms with Gasteiger partial charge in [0.05, 0.1) is 12.1 Å². The van der Waals surface area contributed by atoms with E-state index in [9.17, 15) is 9.59 Å². The number of aromatic amines is 1. The molecule has 0 fully saturated rings. The SMILES string of the molecule is CC(C)(C)OC(=O)N[C@H]1c2ccccc2C[C@@H]1NC(=O)c1cc2cc(Cl)ccc2[nH]1. The zero-order valence-corrected chi connectivity index (χ0v) is 17.8. The van der Waals surface area contributed by atoms with Crippen LogP contribution in [0.3, 0.4) is 0 Å². The average molecular weight is 426 g/mol. The molecule has 2 amide bonds. The molecule has 1 aromatic heterocycles. The van der Waals surface area contributed by atoms with Crippen LogP contribution in [0.5, 0.6) is 0 Å². The van der Waals surface area contributed by atoms with Gasteiger partial charge in [-0.15, -0.1) is 0 Å². The van der Waals surface area contributed by atoms with Crippen LogP contribution < -0.4 is 10.6 Å². The quantitative estimate of drug-likeness (QED) is 0.566. The zero-order valence-electron chi connectivity index (χ0n) is 17.1. The van der Waals surface area contributed by atoms with Crippen LogP contribution >= 0.6 is 11.6 Å². The van der Waals surface area contributed by atoms with Crippen LogP contribution in [0, 0.1) is 0 Å². The van der Waals surface area contributed by atoms with Crippen LogP contribution in [0.2, 0.25) is 5.02 Å². The van der Waals surface area contributed by atoms with Crippen molar-refractivity contribution in [2.24, 2.45) is 0 Å². The molecule has 7 heteroatoms. The van der Waals surface area contributed by atoms with Crippen LogP contribution in [0.4, 0.5) is 4.79 Å². The smallest absolute Gasteiger partial charge is 0.408 e. The summed E-state index contributed by atoms with van der Waals surface area (Å²) in [6, 6.07) is 14.4. The second-order valence-electron chi connectivity index (χ2n) is 8.52. The predicted octanol–water partition coefficient (Wildman–Crippen LogP) is 4.74. The van der Waals surface area contributed by atoms with Gasteiger partial charge < -0.3 is 20.4 Å². The van der Waals surface area contributed by atoms with Gasteiger partial charge in [-0.1, -0.05) is 35.9 Å². The largest absolute Gasteiger partial charge is 0.444 e. The van der Waals surface area contributed by atoms with Crippen molar-refractivity contribution in [1.82, 2.24) is 15.6 Å². The number of alkyl carbamates (subject to hydrolysis) is 1. The van der Waals surface area contributed by atoms with E-state index < -0.39 is 11.7 Å². The number of halogens is 1. The molecule has 1 aliphatic carbocycles. The van der Waals surface area contributed by atoms with Crippen molar-refractivity contribution >= 4 is 34.5 Å². The fourth-order valence-electron chi connectivity index (χ4n) is 3.81. The number of amides is 2. The molecule has 1 heterocycles. The summed E-state index contributed by atoms with van der Waals surface area (Å²) in [6.45, 7) is 5.45. The molecule has 0 unspecified atom stereocenters. The molecule has 2 aromatic carbocycles. The predicted molar refractivity (Wildman–Crippen MR) is 117 cm³/mol. The first-order valence-corrected chi connectivity index (χ1v) is 10.2. The lowest BCUT2D eigenvalue weighted by atomic mass is 10.1. The Kier molecular flexibility index (Phi) is 5.20.